The van der Waals surface area contributed by atoms with Gasteiger partial charge >= 0.3 is 0 Å². The molecular weight excluding hydrogens is 276 g/mol. The number of amides is 1. The summed E-state index contributed by atoms with van der Waals surface area (Å²) in [6.45, 7) is 2.60. The van der Waals surface area contributed by atoms with Gasteiger partial charge in [-0.3, -0.25) is 4.79 Å². The van der Waals surface area contributed by atoms with Crippen molar-refractivity contribution >= 4 is 24.1 Å². The minimum Gasteiger partial charge on any atom is -0.370 e. The van der Waals surface area contributed by atoms with Gasteiger partial charge in [0.25, 0.3) is 0 Å². The molecule has 1 aliphatic heterocycles. The molecule has 0 aliphatic carbocycles. The first-order valence-corrected chi connectivity index (χ1v) is 7.02. The van der Waals surface area contributed by atoms with Gasteiger partial charge in [0, 0.05) is 19.3 Å². The van der Waals surface area contributed by atoms with Crippen LogP contribution in [0.5, 0.6) is 0 Å². The monoisotopic (exact) mass is 298 g/mol. The summed E-state index contributed by atoms with van der Waals surface area (Å²) < 4.78 is 0. The first-order chi connectivity index (χ1) is 9.36. The molecule has 0 radical (unpaired) electrons. The Hall–Kier alpha value is -1.33. The van der Waals surface area contributed by atoms with E-state index >= 15 is 0 Å². The van der Waals surface area contributed by atoms with E-state index in [1.165, 1.54) is 0 Å². The summed E-state index contributed by atoms with van der Waals surface area (Å²) in [7, 11) is 0. The van der Waals surface area contributed by atoms with Crippen molar-refractivity contribution in [2.75, 3.05) is 25.0 Å². The van der Waals surface area contributed by atoms with Crippen molar-refractivity contribution in [3.63, 3.8) is 0 Å². The maximum Gasteiger partial charge on any atom is 0.237 e. The van der Waals surface area contributed by atoms with Gasteiger partial charge in [0.2, 0.25) is 5.91 Å². The van der Waals surface area contributed by atoms with Crippen LogP contribution < -0.4 is 16.0 Å². The zero-order valence-electron chi connectivity index (χ0n) is 11.6. The number of unbranched alkanes of at least 4 members (excludes halogenated alkanes) is 1. The fourth-order valence-corrected chi connectivity index (χ4v) is 2.18. The van der Waals surface area contributed by atoms with Gasteiger partial charge in [0.05, 0.1) is 6.04 Å². The summed E-state index contributed by atoms with van der Waals surface area (Å²) in [4.78, 5) is 15.9. The molecule has 2 heterocycles. The van der Waals surface area contributed by atoms with E-state index < -0.39 is 0 Å². The van der Waals surface area contributed by atoms with Crippen LogP contribution in [-0.4, -0.2) is 36.6 Å². The van der Waals surface area contributed by atoms with Crippen LogP contribution in [0.2, 0.25) is 0 Å². The van der Waals surface area contributed by atoms with E-state index in [1.807, 2.05) is 18.2 Å². The standard InChI is InChI=1S/C14H22N4O.ClH/c19-14(12-6-5-11-15-12)18-10-4-3-9-17-13-7-1-2-8-16-13;/h1-2,7-8,12,15H,3-6,9-11H2,(H,16,17)(H,18,19);1H/t12-;/m0./s1. The van der Waals surface area contributed by atoms with E-state index in [0.29, 0.717) is 0 Å². The molecule has 0 aromatic carbocycles. The molecule has 0 saturated carbocycles. The largest absolute Gasteiger partial charge is 0.370 e. The van der Waals surface area contributed by atoms with E-state index in [9.17, 15) is 4.79 Å². The van der Waals surface area contributed by atoms with Gasteiger partial charge in [-0.25, -0.2) is 4.98 Å². The number of pyridine rings is 1. The van der Waals surface area contributed by atoms with Crippen molar-refractivity contribution in [2.24, 2.45) is 0 Å². The van der Waals surface area contributed by atoms with Crippen molar-refractivity contribution in [1.29, 1.82) is 0 Å². The van der Waals surface area contributed by atoms with Crippen molar-refractivity contribution in [3.8, 4) is 0 Å². The van der Waals surface area contributed by atoms with Gasteiger partial charge < -0.3 is 16.0 Å². The van der Waals surface area contributed by atoms with Crippen LogP contribution in [0.3, 0.4) is 0 Å². The number of anilines is 1. The maximum absolute atomic E-state index is 11.7. The molecule has 1 fully saturated rings. The second-order valence-corrected chi connectivity index (χ2v) is 4.79. The van der Waals surface area contributed by atoms with Gasteiger partial charge in [-0.15, -0.1) is 12.4 Å². The van der Waals surface area contributed by atoms with Crippen LogP contribution in [0.4, 0.5) is 5.82 Å². The number of aromatic nitrogens is 1. The summed E-state index contributed by atoms with van der Waals surface area (Å²) >= 11 is 0. The zero-order chi connectivity index (χ0) is 13.3. The summed E-state index contributed by atoms with van der Waals surface area (Å²) in [5.41, 5.74) is 0. The molecule has 0 spiro atoms. The van der Waals surface area contributed by atoms with Crippen molar-refractivity contribution in [1.82, 2.24) is 15.6 Å². The Kier molecular flexibility index (Phi) is 7.99. The third kappa shape index (κ3) is 5.75. The number of rotatable bonds is 7. The number of hydrogen-bond acceptors (Lipinski definition) is 4. The normalized spacial score (nSPS) is 17.3. The van der Waals surface area contributed by atoms with Crippen LogP contribution >= 0.6 is 12.4 Å². The SMILES string of the molecule is Cl.O=C(NCCCCNc1ccccn1)[C@@H]1CCCN1. The van der Waals surface area contributed by atoms with Crippen LogP contribution in [0.1, 0.15) is 25.7 Å². The van der Waals surface area contributed by atoms with Crippen LogP contribution in [0.15, 0.2) is 24.4 Å². The third-order valence-corrected chi connectivity index (χ3v) is 3.25. The highest BCUT2D eigenvalue weighted by Gasteiger charge is 2.20. The predicted molar refractivity (Wildman–Crippen MR) is 83.2 cm³/mol. The van der Waals surface area contributed by atoms with Gasteiger partial charge in [-0.2, -0.15) is 0 Å². The molecule has 1 aliphatic rings. The topological polar surface area (TPSA) is 66.0 Å². The van der Waals surface area contributed by atoms with E-state index in [1.54, 1.807) is 6.20 Å². The van der Waals surface area contributed by atoms with Crippen molar-refractivity contribution < 1.29 is 4.79 Å². The molecule has 2 rings (SSSR count). The maximum atomic E-state index is 11.7. The molecular formula is C14H23ClN4O. The summed E-state index contributed by atoms with van der Waals surface area (Å²) in [5, 5.41) is 9.43. The lowest BCUT2D eigenvalue weighted by molar-refractivity contribution is -0.122. The second kappa shape index (κ2) is 9.55. The number of halogens is 1. The number of carbonyl (C=O) groups is 1. The molecule has 1 aromatic heterocycles. The lowest BCUT2D eigenvalue weighted by Crippen LogP contribution is -2.40. The Morgan fingerprint density at radius 1 is 1.35 bits per heavy atom. The average molecular weight is 299 g/mol. The van der Waals surface area contributed by atoms with E-state index in [0.717, 1.165) is 51.1 Å². The van der Waals surface area contributed by atoms with Gasteiger partial charge in [0.15, 0.2) is 0 Å². The molecule has 20 heavy (non-hydrogen) atoms. The van der Waals surface area contributed by atoms with Crippen LogP contribution in [-0.2, 0) is 4.79 Å². The van der Waals surface area contributed by atoms with Crippen molar-refractivity contribution in [2.45, 2.75) is 31.7 Å². The van der Waals surface area contributed by atoms with Gasteiger partial charge in [-0.05, 0) is 44.4 Å². The first-order valence-electron chi connectivity index (χ1n) is 7.02. The zero-order valence-corrected chi connectivity index (χ0v) is 12.4. The van der Waals surface area contributed by atoms with Crippen LogP contribution in [0, 0.1) is 0 Å². The highest BCUT2D eigenvalue weighted by Crippen LogP contribution is 2.04. The summed E-state index contributed by atoms with van der Waals surface area (Å²) in [6.07, 6.45) is 5.85. The molecule has 0 unspecified atom stereocenters. The lowest BCUT2D eigenvalue weighted by Gasteiger charge is -2.11. The highest BCUT2D eigenvalue weighted by atomic mass is 35.5. The Morgan fingerprint density at radius 3 is 2.90 bits per heavy atom. The lowest BCUT2D eigenvalue weighted by atomic mass is 10.2. The highest BCUT2D eigenvalue weighted by molar-refractivity contribution is 5.85. The minimum atomic E-state index is 0. The molecule has 0 bridgehead atoms. The van der Waals surface area contributed by atoms with Crippen LogP contribution in [0.25, 0.3) is 0 Å². The molecule has 1 saturated heterocycles. The predicted octanol–water partition coefficient (Wildman–Crippen LogP) is 1.56. The number of nitrogens with zero attached hydrogens (tertiary/aromatic N) is 1. The Balaban J connectivity index is 0.00000200. The Bertz CT molecular complexity index is 382. The quantitative estimate of drug-likeness (QED) is 0.669. The minimum absolute atomic E-state index is 0. The van der Waals surface area contributed by atoms with Gasteiger partial charge in [-0.1, -0.05) is 6.07 Å². The smallest absolute Gasteiger partial charge is 0.237 e. The van der Waals surface area contributed by atoms with E-state index in [2.05, 4.69) is 20.9 Å². The average Bonchev–Trinajstić information content (AvgIpc) is 2.98. The molecule has 3 N–H and O–H groups in total. The molecule has 5 nitrogen and oxygen atoms in total. The Morgan fingerprint density at radius 2 is 2.20 bits per heavy atom. The second-order valence-electron chi connectivity index (χ2n) is 4.79. The number of nitrogens with one attached hydrogen (secondary N) is 3. The summed E-state index contributed by atoms with van der Waals surface area (Å²) in [5.74, 6) is 1.05. The molecule has 6 heteroatoms. The molecule has 1 atom stereocenters. The number of hydrogen-bond donors (Lipinski definition) is 3. The molecule has 1 amide bonds. The Labute approximate surface area is 126 Å². The van der Waals surface area contributed by atoms with Crippen molar-refractivity contribution in [3.05, 3.63) is 24.4 Å². The van der Waals surface area contributed by atoms with E-state index in [-0.39, 0.29) is 24.4 Å². The van der Waals surface area contributed by atoms with E-state index in [4.69, 9.17) is 0 Å². The molecule has 112 valence electrons. The third-order valence-electron chi connectivity index (χ3n) is 3.25. The first kappa shape index (κ1) is 16.7. The van der Waals surface area contributed by atoms with Gasteiger partial charge in [0.1, 0.15) is 5.82 Å². The fraction of sp³-hybridized carbons (Fsp3) is 0.571. The molecule has 1 aromatic rings. The summed E-state index contributed by atoms with van der Waals surface area (Å²) in [6, 6.07) is 5.85. The number of carbonyl (C=O) groups excluding carboxylic acids is 1. The fourth-order valence-electron chi connectivity index (χ4n) is 2.18.